The van der Waals surface area contributed by atoms with E-state index in [4.69, 9.17) is 11.6 Å². The molecule has 1 atom stereocenters. The van der Waals surface area contributed by atoms with E-state index >= 15 is 0 Å². The molecule has 11 heteroatoms. The number of carbonyl (C=O) groups excluding carboxylic acids is 2. The highest BCUT2D eigenvalue weighted by Crippen LogP contribution is 2.22. The summed E-state index contributed by atoms with van der Waals surface area (Å²) in [6.45, 7) is 4.61. The molecule has 0 saturated carbocycles. The van der Waals surface area contributed by atoms with E-state index in [1.807, 2.05) is 0 Å². The fourth-order valence-electron chi connectivity index (χ4n) is 3.14. The zero-order chi connectivity index (χ0) is 25.6. The highest BCUT2D eigenvalue weighted by molar-refractivity contribution is 7.90. The molecule has 0 unspecified atom stereocenters. The molecule has 0 heterocycles. The molecule has 34 heavy (non-hydrogen) atoms. The maximum Gasteiger partial charge on any atom is 0.304 e. The van der Waals surface area contributed by atoms with Gasteiger partial charge in [0.1, 0.15) is 18.4 Å². The fraction of sp³-hybridized carbons (Fsp3) is 0.391. The fourth-order valence-corrected chi connectivity index (χ4v) is 4.41. The number of nitrogens with zero attached hydrogens (tertiary/aromatic N) is 3. The Balaban J connectivity index is 2.45. The van der Waals surface area contributed by atoms with Crippen molar-refractivity contribution in [3.05, 3.63) is 64.9 Å². The van der Waals surface area contributed by atoms with Crippen molar-refractivity contribution in [1.82, 2.24) is 14.5 Å². The number of halogens is 2. The van der Waals surface area contributed by atoms with Gasteiger partial charge >= 0.3 is 10.2 Å². The summed E-state index contributed by atoms with van der Waals surface area (Å²) in [7, 11) is -1.44. The summed E-state index contributed by atoms with van der Waals surface area (Å²) in [5.41, 5.74) is 0.791. The van der Waals surface area contributed by atoms with Gasteiger partial charge in [0.2, 0.25) is 11.8 Å². The lowest BCUT2D eigenvalue weighted by Crippen LogP contribution is -2.53. The predicted molar refractivity (Wildman–Crippen MR) is 131 cm³/mol. The van der Waals surface area contributed by atoms with Gasteiger partial charge in [-0.05, 0) is 62.7 Å². The summed E-state index contributed by atoms with van der Waals surface area (Å²) < 4.78 is 41.3. The van der Waals surface area contributed by atoms with Gasteiger partial charge in [0.05, 0.1) is 5.69 Å². The highest BCUT2D eigenvalue weighted by Gasteiger charge is 2.32. The highest BCUT2D eigenvalue weighted by atomic mass is 35.5. The van der Waals surface area contributed by atoms with Gasteiger partial charge in [-0.2, -0.15) is 12.7 Å². The Labute approximate surface area is 205 Å². The second kappa shape index (κ2) is 11.6. The second-order valence-electron chi connectivity index (χ2n) is 8.26. The number of anilines is 1. The van der Waals surface area contributed by atoms with Gasteiger partial charge in [0, 0.05) is 31.7 Å². The molecule has 0 aromatic heterocycles. The largest absolute Gasteiger partial charge is 0.352 e. The maximum atomic E-state index is 13.5. The molecule has 2 aromatic carbocycles. The molecule has 0 radical (unpaired) electrons. The van der Waals surface area contributed by atoms with Crippen LogP contribution < -0.4 is 9.62 Å². The molecule has 0 aliphatic rings. The second-order valence-corrected chi connectivity index (χ2v) is 10.8. The molecular weight excluding hydrogens is 483 g/mol. The molecule has 2 aromatic rings. The van der Waals surface area contributed by atoms with Crippen LogP contribution in [0.3, 0.4) is 0 Å². The number of hydrogen-bond donors (Lipinski definition) is 1. The minimum atomic E-state index is -4.10. The molecule has 0 saturated heterocycles. The van der Waals surface area contributed by atoms with Gasteiger partial charge in [-0.3, -0.25) is 9.59 Å². The van der Waals surface area contributed by atoms with E-state index < -0.39 is 34.5 Å². The summed E-state index contributed by atoms with van der Waals surface area (Å²) in [6.07, 6.45) is 0. The average Bonchev–Trinajstić information content (AvgIpc) is 2.75. The molecule has 2 amide bonds. The number of benzene rings is 2. The quantitative estimate of drug-likeness (QED) is 0.530. The third-order valence-corrected chi connectivity index (χ3v) is 7.03. The number of carbonyl (C=O) groups is 2. The van der Waals surface area contributed by atoms with Crippen LogP contribution in [0.4, 0.5) is 10.1 Å². The van der Waals surface area contributed by atoms with E-state index in [0.29, 0.717) is 10.6 Å². The summed E-state index contributed by atoms with van der Waals surface area (Å²) >= 11 is 6.08. The molecule has 8 nitrogen and oxygen atoms in total. The monoisotopic (exact) mass is 512 g/mol. The third kappa shape index (κ3) is 7.15. The van der Waals surface area contributed by atoms with E-state index in [2.05, 4.69) is 5.32 Å². The normalized spacial score (nSPS) is 12.5. The molecule has 0 aliphatic heterocycles. The molecule has 2 rings (SSSR count). The van der Waals surface area contributed by atoms with Crippen molar-refractivity contribution in [2.75, 3.05) is 24.9 Å². The van der Waals surface area contributed by atoms with Gasteiger partial charge in [-0.25, -0.2) is 8.70 Å². The van der Waals surface area contributed by atoms with E-state index in [1.165, 1.54) is 31.1 Å². The zero-order valence-electron chi connectivity index (χ0n) is 19.8. The summed E-state index contributed by atoms with van der Waals surface area (Å²) in [6, 6.07) is 10.6. The van der Waals surface area contributed by atoms with Crippen LogP contribution in [0.25, 0.3) is 0 Å². The lowest BCUT2D eigenvalue weighted by atomic mass is 10.1. The molecular formula is C23H30ClFN4O4S. The number of rotatable bonds is 10. The topological polar surface area (TPSA) is 90.0 Å². The number of nitrogens with one attached hydrogen (secondary N) is 1. The van der Waals surface area contributed by atoms with E-state index in [1.54, 1.807) is 45.0 Å². The first-order chi connectivity index (χ1) is 15.8. The van der Waals surface area contributed by atoms with Gasteiger partial charge in [-0.1, -0.05) is 23.7 Å². The van der Waals surface area contributed by atoms with Crippen molar-refractivity contribution in [2.45, 2.75) is 39.4 Å². The average molecular weight is 513 g/mol. The van der Waals surface area contributed by atoms with Gasteiger partial charge in [-0.15, -0.1) is 0 Å². The molecule has 0 fully saturated rings. The third-order valence-electron chi connectivity index (χ3n) is 4.97. The van der Waals surface area contributed by atoms with E-state index in [0.717, 1.165) is 20.7 Å². The standard InChI is InChI=1S/C23H30ClFN4O4S/c1-16(2)26-23(31)17(3)28(14-18-7-6-8-19(24)13-18)22(30)15-29(34(32,33)27(4)5)21-11-9-20(25)10-12-21/h6-13,16-17H,14-15H2,1-5H3,(H,26,31)/t17-/m1/s1. The Morgan fingerprint density at radius 3 is 2.21 bits per heavy atom. The predicted octanol–water partition coefficient (Wildman–Crippen LogP) is 3.03. The zero-order valence-corrected chi connectivity index (χ0v) is 21.4. The molecule has 0 bridgehead atoms. The lowest BCUT2D eigenvalue weighted by Gasteiger charge is -2.33. The Morgan fingerprint density at radius 2 is 1.68 bits per heavy atom. The van der Waals surface area contributed by atoms with Gasteiger partial charge in [0.15, 0.2) is 0 Å². The first-order valence-electron chi connectivity index (χ1n) is 10.6. The van der Waals surface area contributed by atoms with Crippen molar-refractivity contribution in [3.63, 3.8) is 0 Å². The molecule has 186 valence electrons. The van der Waals surface area contributed by atoms with Crippen LogP contribution in [0, 0.1) is 5.82 Å². The van der Waals surface area contributed by atoms with Crippen LogP contribution in [-0.4, -0.2) is 62.2 Å². The smallest absolute Gasteiger partial charge is 0.304 e. The Morgan fingerprint density at radius 1 is 1.06 bits per heavy atom. The summed E-state index contributed by atoms with van der Waals surface area (Å²) in [5.74, 6) is -1.53. The van der Waals surface area contributed by atoms with Crippen molar-refractivity contribution < 1.29 is 22.4 Å². The van der Waals surface area contributed by atoms with Gasteiger partial charge < -0.3 is 10.2 Å². The first-order valence-corrected chi connectivity index (χ1v) is 12.4. The number of hydrogen-bond acceptors (Lipinski definition) is 4. The summed E-state index contributed by atoms with van der Waals surface area (Å²) in [4.78, 5) is 27.5. The Hall–Kier alpha value is -2.69. The molecule has 1 N–H and O–H groups in total. The van der Waals surface area contributed by atoms with E-state index in [-0.39, 0.29) is 24.2 Å². The maximum absolute atomic E-state index is 13.5. The Kier molecular flexibility index (Phi) is 9.43. The van der Waals surface area contributed by atoms with Crippen molar-refractivity contribution >= 4 is 39.3 Å². The summed E-state index contributed by atoms with van der Waals surface area (Å²) in [5, 5.41) is 3.24. The van der Waals surface area contributed by atoms with Crippen molar-refractivity contribution in [1.29, 1.82) is 0 Å². The molecule has 0 spiro atoms. The van der Waals surface area contributed by atoms with Crippen LogP contribution >= 0.6 is 11.6 Å². The van der Waals surface area contributed by atoms with Crippen molar-refractivity contribution in [2.24, 2.45) is 0 Å². The number of amides is 2. The van der Waals surface area contributed by atoms with E-state index in [9.17, 15) is 22.4 Å². The lowest BCUT2D eigenvalue weighted by molar-refractivity contribution is -0.139. The van der Waals surface area contributed by atoms with Crippen LogP contribution in [0.2, 0.25) is 5.02 Å². The van der Waals surface area contributed by atoms with Crippen LogP contribution in [0.5, 0.6) is 0 Å². The minimum absolute atomic E-state index is 0.0331. The Bertz CT molecular complexity index is 1110. The van der Waals surface area contributed by atoms with Crippen LogP contribution in [0.15, 0.2) is 48.5 Å². The molecule has 0 aliphatic carbocycles. The van der Waals surface area contributed by atoms with Crippen molar-refractivity contribution in [3.8, 4) is 0 Å². The first kappa shape index (κ1) is 27.6. The SMILES string of the molecule is CC(C)NC(=O)[C@@H](C)N(Cc1cccc(Cl)c1)C(=O)CN(c1ccc(F)cc1)S(=O)(=O)N(C)C. The van der Waals surface area contributed by atoms with Gasteiger partial charge in [0.25, 0.3) is 0 Å². The van der Waals surface area contributed by atoms with Crippen LogP contribution in [-0.2, 0) is 26.3 Å². The minimum Gasteiger partial charge on any atom is -0.352 e. The van der Waals surface area contributed by atoms with Crippen LogP contribution in [0.1, 0.15) is 26.3 Å².